The van der Waals surface area contributed by atoms with E-state index in [0.29, 0.717) is 0 Å². The number of nitrogens with one attached hydrogen (secondary N) is 1. The van der Waals surface area contributed by atoms with Crippen LogP contribution in [0.25, 0.3) is 0 Å². The molecule has 0 radical (unpaired) electrons. The van der Waals surface area contributed by atoms with Gasteiger partial charge in [0, 0.05) is 12.2 Å². The van der Waals surface area contributed by atoms with Gasteiger partial charge in [0.05, 0.1) is 6.10 Å². The molecule has 0 fully saturated rings. The SMILES string of the molecule is Cc1cc(N)cc(S(=O)(=O)NCCC(C)O)c1F. The molecule has 0 spiro atoms. The van der Waals surface area contributed by atoms with Gasteiger partial charge in [-0.3, -0.25) is 0 Å². The fourth-order valence-electron chi connectivity index (χ4n) is 1.44. The average Bonchev–Trinajstić information content (AvgIpc) is 2.22. The molecule has 1 rings (SSSR count). The quantitative estimate of drug-likeness (QED) is 0.692. The Bertz CT molecular complexity index is 529. The molecule has 1 unspecified atom stereocenters. The largest absolute Gasteiger partial charge is 0.399 e. The van der Waals surface area contributed by atoms with Crippen LogP contribution in [-0.2, 0) is 10.0 Å². The Kier molecular flexibility index (Phi) is 4.66. The third kappa shape index (κ3) is 3.66. The maximum absolute atomic E-state index is 13.7. The van der Waals surface area contributed by atoms with Gasteiger partial charge in [0.15, 0.2) is 0 Å². The summed E-state index contributed by atoms with van der Waals surface area (Å²) in [6.45, 7) is 3.02. The fraction of sp³-hybridized carbons (Fsp3) is 0.455. The van der Waals surface area contributed by atoms with Crippen molar-refractivity contribution in [2.75, 3.05) is 12.3 Å². The van der Waals surface area contributed by atoms with E-state index in [2.05, 4.69) is 4.72 Å². The monoisotopic (exact) mass is 276 g/mol. The predicted molar refractivity (Wildman–Crippen MR) is 67.0 cm³/mol. The van der Waals surface area contributed by atoms with Crippen LogP contribution in [0.1, 0.15) is 18.9 Å². The number of nitrogens with two attached hydrogens (primary N) is 1. The molecule has 0 saturated carbocycles. The zero-order valence-corrected chi connectivity index (χ0v) is 11.1. The first-order chi connectivity index (χ1) is 8.24. The lowest BCUT2D eigenvalue weighted by Gasteiger charge is -2.10. The number of halogens is 1. The average molecular weight is 276 g/mol. The second-order valence-electron chi connectivity index (χ2n) is 4.19. The van der Waals surface area contributed by atoms with E-state index in [0.717, 1.165) is 6.07 Å². The lowest BCUT2D eigenvalue weighted by Crippen LogP contribution is -2.27. The van der Waals surface area contributed by atoms with Crippen LogP contribution in [0.2, 0.25) is 0 Å². The normalized spacial score (nSPS) is 13.6. The van der Waals surface area contributed by atoms with Crippen molar-refractivity contribution in [2.24, 2.45) is 0 Å². The van der Waals surface area contributed by atoms with Gasteiger partial charge in [0.1, 0.15) is 10.7 Å². The molecule has 0 heterocycles. The van der Waals surface area contributed by atoms with Gasteiger partial charge in [-0.1, -0.05) is 0 Å². The first kappa shape index (κ1) is 14.9. The second-order valence-corrected chi connectivity index (χ2v) is 5.92. The van der Waals surface area contributed by atoms with Gasteiger partial charge in [-0.15, -0.1) is 0 Å². The van der Waals surface area contributed by atoms with E-state index < -0.39 is 26.8 Å². The van der Waals surface area contributed by atoms with E-state index in [1.54, 1.807) is 6.92 Å². The zero-order valence-electron chi connectivity index (χ0n) is 10.3. The molecular formula is C11H17FN2O3S. The van der Waals surface area contributed by atoms with Crippen molar-refractivity contribution in [3.63, 3.8) is 0 Å². The Labute approximate surface area is 106 Å². The summed E-state index contributed by atoms with van der Waals surface area (Å²) in [5, 5.41) is 9.03. The molecule has 0 saturated heterocycles. The lowest BCUT2D eigenvalue weighted by atomic mass is 10.2. The van der Waals surface area contributed by atoms with E-state index in [1.165, 1.54) is 13.0 Å². The maximum atomic E-state index is 13.7. The molecule has 1 atom stereocenters. The van der Waals surface area contributed by atoms with Crippen molar-refractivity contribution in [3.05, 3.63) is 23.5 Å². The van der Waals surface area contributed by atoms with Gasteiger partial charge in [-0.25, -0.2) is 17.5 Å². The van der Waals surface area contributed by atoms with Crippen LogP contribution in [0.3, 0.4) is 0 Å². The Hall–Kier alpha value is -1.18. The number of aliphatic hydroxyl groups is 1. The topological polar surface area (TPSA) is 92.4 Å². The molecule has 1 aromatic rings. The number of aryl methyl sites for hydroxylation is 1. The number of anilines is 1. The third-order valence-corrected chi connectivity index (χ3v) is 3.85. The van der Waals surface area contributed by atoms with Gasteiger partial charge in [-0.05, 0) is 38.0 Å². The molecule has 0 amide bonds. The molecule has 7 heteroatoms. The summed E-state index contributed by atoms with van der Waals surface area (Å²) in [4.78, 5) is -0.467. The Morgan fingerprint density at radius 3 is 2.67 bits per heavy atom. The van der Waals surface area contributed by atoms with Crippen molar-refractivity contribution in [3.8, 4) is 0 Å². The highest BCUT2D eigenvalue weighted by molar-refractivity contribution is 7.89. The van der Waals surface area contributed by atoms with Crippen molar-refractivity contribution in [1.82, 2.24) is 4.72 Å². The number of benzene rings is 1. The van der Waals surface area contributed by atoms with Crippen LogP contribution in [-0.4, -0.2) is 26.2 Å². The van der Waals surface area contributed by atoms with E-state index in [4.69, 9.17) is 10.8 Å². The van der Waals surface area contributed by atoms with Gasteiger partial charge >= 0.3 is 0 Å². The molecule has 0 bridgehead atoms. The zero-order chi connectivity index (χ0) is 13.9. The number of hydrogen-bond acceptors (Lipinski definition) is 4. The standard InChI is InChI=1S/C11H17FN2O3S/c1-7-5-9(13)6-10(11(7)12)18(16,17)14-4-3-8(2)15/h5-6,8,14-15H,3-4,13H2,1-2H3. The van der Waals surface area contributed by atoms with Crippen LogP contribution >= 0.6 is 0 Å². The second kappa shape index (κ2) is 5.64. The molecule has 0 aliphatic heterocycles. The summed E-state index contributed by atoms with van der Waals surface area (Å²) in [6, 6.07) is 2.44. The third-order valence-electron chi connectivity index (χ3n) is 2.39. The first-order valence-electron chi connectivity index (χ1n) is 5.47. The summed E-state index contributed by atoms with van der Waals surface area (Å²) in [7, 11) is -3.95. The molecule has 5 nitrogen and oxygen atoms in total. The van der Waals surface area contributed by atoms with Crippen molar-refractivity contribution in [1.29, 1.82) is 0 Å². The van der Waals surface area contributed by atoms with Crippen molar-refractivity contribution < 1.29 is 17.9 Å². The van der Waals surface area contributed by atoms with Crippen LogP contribution in [0.5, 0.6) is 0 Å². The highest BCUT2D eigenvalue weighted by atomic mass is 32.2. The molecule has 0 aliphatic carbocycles. The number of sulfonamides is 1. The van der Waals surface area contributed by atoms with E-state index in [1.807, 2.05) is 0 Å². The molecule has 0 aliphatic rings. The molecule has 102 valence electrons. The number of rotatable bonds is 5. The minimum atomic E-state index is -3.95. The summed E-state index contributed by atoms with van der Waals surface area (Å²) in [5.74, 6) is -0.811. The highest BCUT2D eigenvalue weighted by Gasteiger charge is 2.20. The van der Waals surface area contributed by atoms with Crippen LogP contribution in [0.15, 0.2) is 17.0 Å². The van der Waals surface area contributed by atoms with E-state index >= 15 is 0 Å². The lowest BCUT2D eigenvalue weighted by molar-refractivity contribution is 0.186. The van der Waals surface area contributed by atoms with Crippen LogP contribution in [0, 0.1) is 12.7 Å². The van der Waals surface area contributed by atoms with Crippen LogP contribution < -0.4 is 10.5 Å². The Morgan fingerprint density at radius 1 is 1.50 bits per heavy atom. The van der Waals surface area contributed by atoms with Crippen molar-refractivity contribution >= 4 is 15.7 Å². The maximum Gasteiger partial charge on any atom is 0.243 e. The molecule has 18 heavy (non-hydrogen) atoms. The van der Waals surface area contributed by atoms with Gasteiger partial charge in [0.25, 0.3) is 0 Å². The van der Waals surface area contributed by atoms with Crippen molar-refractivity contribution in [2.45, 2.75) is 31.3 Å². The predicted octanol–water partition coefficient (Wildman–Crippen LogP) is 0.766. The molecular weight excluding hydrogens is 259 g/mol. The fourth-order valence-corrected chi connectivity index (χ4v) is 2.67. The molecule has 1 aromatic carbocycles. The highest BCUT2D eigenvalue weighted by Crippen LogP contribution is 2.21. The van der Waals surface area contributed by atoms with Gasteiger partial charge in [0.2, 0.25) is 10.0 Å². The first-order valence-corrected chi connectivity index (χ1v) is 6.95. The summed E-state index contributed by atoms with van der Waals surface area (Å²) in [5.41, 5.74) is 5.86. The molecule has 0 aromatic heterocycles. The number of nitrogen functional groups attached to an aromatic ring is 1. The van der Waals surface area contributed by atoms with E-state index in [-0.39, 0.29) is 24.2 Å². The Morgan fingerprint density at radius 2 is 2.11 bits per heavy atom. The van der Waals surface area contributed by atoms with Gasteiger partial charge < -0.3 is 10.8 Å². The molecule has 4 N–H and O–H groups in total. The summed E-state index contributed by atoms with van der Waals surface area (Å²) < 4.78 is 39.7. The van der Waals surface area contributed by atoms with Gasteiger partial charge in [-0.2, -0.15) is 0 Å². The number of aliphatic hydroxyl groups excluding tert-OH is 1. The number of hydrogen-bond donors (Lipinski definition) is 3. The summed E-state index contributed by atoms with van der Waals surface area (Å²) in [6.07, 6.45) is -0.373. The van der Waals surface area contributed by atoms with Crippen LogP contribution in [0.4, 0.5) is 10.1 Å². The smallest absolute Gasteiger partial charge is 0.243 e. The minimum absolute atomic E-state index is 0.0350. The minimum Gasteiger partial charge on any atom is -0.399 e. The Balaban J connectivity index is 2.98. The van der Waals surface area contributed by atoms with E-state index in [9.17, 15) is 12.8 Å². The summed E-state index contributed by atoms with van der Waals surface area (Å²) >= 11 is 0.